The van der Waals surface area contributed by atoms with E-state index in [1.54, 1.807) is 13.3 Å². The summed E-state index contributed by atoms with van der Waals surface area (Å²) in [6, 6.07) is 15.0. The number of methoxy groups -OCH3 is 1. The fourth-order valence-corrected chi connectivity index (χ4v) is 4.26. The number of aromatic nitrogens is 1. The summed E-state index contributed by atoms with van der Waals surface area (Å²) in [4.78, 5) is 14.0. The topological polar surface area (TPSA) is 62.2 Å². The molecular weight excluding hydrogens is 378 g/mol. The van der Waals surface area contributed by atoms with E-state index in [0.717, 1.165) is 50.9 Å². The van der Waals surface area contributed by atoms with Crippen LogP contribution in [0.5, 0.6) is 5.88 Å². The van der Waals surface area contributed by atoms with Gasteiger partial charge in [-0.2, -0.15) is 0 Å². The van der Waals surface area contributed by atoms with Gasteiger partial charge in [-0.3, -0.25) is 4.90 Å². The van der Waals surface area contributed by atoms with Gasteiger partial charge in [0.25, 0.3) is 0 Å². The van der Waals surface area contributed by atoms with Gasteiger partial charge >= 0.3 is 0 Å². The van der Waals surface area contributed by atoms with E-state index in [9.17, 15) is 0 Å². The second kappa shape index (κ2) is 9.91. The lowest BCUT2D eigenvalue weighted by molar-refractivity contribution is -0.0502. The molecule has 0 spiro atoms. The SMILES string of the molecule is CCNC(=NCc1cccnc1OC)N1CC2OCCN(Cc3ccccc3)C2C1. The van der Waals surface area contributed by atoms with Crippen LogP contribution in [0.4, 0.5) is 0 Å². The van der Waals surface area contributed by atoms with Crippen LogP contribution >= 0.6 is 0 Å². The molecule has 2 unspecified atom stereocenters. The monoisotopic (exact) mass is 409 g/mol. The number of benzene rings is 1. The third-order valence-corrected chi connectivity index (χ3v) is 5.72. The molecule has 3 heterocycles. The maximum atomic E-state index is 6.13. The zero-order chi connectivity index (χ0) is 20.8. The predicted molar refractivity (Wildman–Crippen MR) is 118 cm³/mol. The molecule has 2 atom stereocenters. The molecule has 4 rings (SSSR count). The minimum Gasteiger partial charge on any atom is -0.481 e. The normalized spacial score (nSPS) is 22.1. The van der Waals surface area contributed by atoms with Crippen molar-refractivity contribution in [3.8, 4) is 5.88 Å². The van der Waals surface area contributed by atoms with Gasteiger partial charge in [0.15, 0.2) is 5.96 Å². The Bertz CT molecular complexity index is 844. The summed E-state index contributed by atoms with van der Waals surface area (Å²) in [5.41, 5.74) is 2.33. The number of morpholine rings is 1. The smallest absolute Gasteiger partial charge is 0.218 e. The van der Waals surface area contributed by atoms with Gasteiger partial charge in [0, 0.05) is 44.5 Å². The molecule has 7 nitrogen and oxygen atoms in total. The van der Waals surface area contributed by atoms with Gasteiger partial charge in [0.1, 0.15) is 0 Å². The van der Waals surface area contributed by atoms with E-state index < -0.39 is 0 Å². The molecule has 1 N–H and O–H groups in total. The first-order valence-electron chi connectivity index (χ1n) is 10.7. The van der Waals surface area contributed by atoms with Gasteiger partial charge < -0.3 is 19.7 Å². The van der Waals surface area contributed by atoms with Gasteiger partial charge in [0.05, 0.1) is 32.4 Å². The first kappa shape index (κ1) is 20.6. The number of pyridine rings is 1. The van der Waals surface area contributed by atoms with Crippen LogP contribution in [0.15, 0.2) is 53.7 Å². The van der Waals surface area contributed by atoms with Crippen LogP contribution in [-0.2, 0) is 17.8 Å². The summed E-state index contributed by atoms with van der Waals surface area (Å²) in [6.07, 6.45) is 1.94. The van der Waals surface area contributed by atoms with Gasteiger partial charge in [-0.25, -0.2) is 9.98 Å². The molecule has 0 bridgehead atoms. The minimum atomic E-state index is 0.208. The highest BCUT2D eigenvalue weighted by Crippen LogP contribution is 2.25. The number of hydrogen-bond acceptors (Lipinski definition) is 5. The number of likely N-dealkylation sites (tertiary alicyclic amines) is 1. The Labute approximate surface area is 178 Å². The molecule has 0 amide bonds. The average Bonchev–Trinajstić information content (AvgIpc) is 3.23. The number of hydrogen-bond donors (Lipinski definition) is 1. The van der Waals surface area contributed by atoms with Gasteiger partial charge in [-0.15, -0.1) is 0 Å². The number of fused-ring (bicyclic) bond motifs is 1. The lowest BCUT2D eigenvalue weighted by Gasteiger charge is -2.36. The Morgan fingerprint density at radius 2 is 2.10 bits per heavy atom. The van der Waals surface area contributed by atoms with Crippen molar-refractivity contribution in [2.45, 2.75) is 32.2 Å². The zero-order valence-electron chi connectivity index (χ0n) is 17.8. The summed E-state index contributed by atoms with van der Waals surface area (Å²) in [5, 5.41) is 3.45. The number of guanidine groups is 1. The molecule has 2 aliphatic heterocycles. The number of nitrogens with one attached hydrogen (secondary N) is 1. The Kier molecular flexibility index (Phi) is 6.81. The van der Waals surface area contributed by atoms with Gasteiger partial charge in [-0.1, -0.05) is 36.4 Å². The molecule has 0 radical (unpaired) electrons. The van der Waals surface area contributed by atoms with Gasteiger partial charge in [-0.05, 0) is 18.6 Å². The van der Waals surface area contributed by atoms with Crippen molar-refractivity contribution >= 4 is 5.96 Å². The highest BCUT2D eigenvalue weighted by molar-refractivity contribution is 5.80. The third-order valence-electron chi connectivity index (χ3n) is 5.72. The van der Waals surface area contributed by atoms with Crippen molar-refractivity contribution in [2.75, 3.05) is 39.9 Å². The molecule has 0 aliphatic carbocycles. The maximum absolute atomic E-state index is 6.13. The second-order valence-electron chi connectivity index (χ2n) is 7.68. The van der Waals surface area contributed by atoms with Crippen LogP contribution in [0.2, 0.25) is 0 Å². The first-order valence-corrected chi connectivity index (χ1v) is 10.7. The van der Waals surface area contributed by atoms with E-state index >= 15 is 0 Å². The van der Waals surface area contributed by atoms with Crippen molar-refractivity contribution in [3.63, 3.8) is 0 Å². The molecule has 7 heteroatoms. The molecule has 1 aromatic heterocycles. The van der Waals surface area contributed by atoms with E-state index in [1.165, 1.54) is 5.56 Å². The zero-order valence-corrected chi connectivity index (χ0v) is 17.8. The molecular formula is C23H31N5O2. The number of rotatable bonds is 6. The highest BCUT2D eigenvalue weighted by atomic mass is 16.5. The van der Waals surface area contributed by atoms with Crippen molar-refractivity contribution in [1.29, 1.82) is 0 Å². The lowest BCUT2D eigenvalue weighted by atomic mass is 10.1. The summed E-state index contributed by atoms with van der Waals surface area (Å²) >= 11 is 0. The van der Waals surface area contributed by atoms with Crippen LogP contribution in [0.3, 0.4) is 0 Å². The lowest BCUT2D eigenvalue weighted by Crippen LogP contribution is -2.50. The van der Waals surface area contributed by atoms with E-state index in [-0.39, 0.29) is 6.10 Å². The molecule has 30 heavy (non-hydrogen) atoms. The van der Waals surface area contributed by atoms with E-state index in [4.69, 9.17) is 14.5 Å². The Balaban J connectivity index is 1.47. The van der Waals surface area contributed by atoms with Crippen LogP contribution in [0, 0.1) is 0 Å². The van der Waals surface area contributed by atoms with E-state index in [0.29, 0.717) is 18.5 Å². The molecule has 0 saturated carbocycles. The molecule has 1 aromatic carbocycles. The van der Waals surface area contributed by atoms with Crippen LogP contribution in [0.1, 0.15) is 18.1 Å². The maximum Gasteiger partial charge on any atom is 0.218 e. The molecule has 2 fully saturated rings. The second-order valence-corrected chi connectivity index (χ2v) is 7.68. The molecule has 2 aliphatic rings. The summed E-state index contributed by atoms with van der Waals surface area (Å²) in [6.45, 7) is 7.91. The standard InChI is InChI=1S/C23H31N5O2/c1-3-24-23(26-14-19-10-7-11-25-22(19)29-2)28-16-20-21(17-28)30-13-12-27(20)15-18-8-5-4-6-9-18/h4-11,20-21H,3,12-17H2,1-2H3,(H,24,26). The van der Waals surface area contributed by atoms with Gasteiger partial charge in [0.2, 0.25) is 5.88 Å². The Hall–Kier alpha value is -2.64. The van der Waals surface area contributed by atoms with Crippen LogP contribution in [0.25, 0.3) is 0 Å². The molecule has 2 aromatic rings. The molecule has 160 valence electrons. The minimum absolute atomic E-state index is 0.208. The number of nitrogens with zero attached hydrogens (tertiary/aromatic N) is 4. The van der Waals surface area contributed by atoms with E-state index in [2.05, 4.69) is 57.4 Å². The quantitative estimate of drug-likeness (QED) is 0.583. The average molecular weight is 410 g/mol. The molecule has 2 saturated heterocycles. The summed E-state index contributed by atoms with van der Waals surface area (Å²) in [5.74, 6) is 1.55. The summed E-state index contributed by atoms with van der Waals surface area (Å²) in [7, 11) is 1.64. The fourth-order valence-electron chi connectivity index (χ4n) is 4.26. The van der Waals surface area contributed by atoms with Crippen molar-refractivity contribution < 1.29 is 9.47 Å². The van der Waals surface area contributed by atoms with E-state index in [1.807, 2.05) is 12.1 Å². The van der Waals surface area contributed by atoms with Crippen molar-refractivity contribution in [1.82, 2.24) is 20.1 Å². The third kappa shape index (κ3) is 4.74. The van der Waals surface area contributed by atoms with Crippen LogP contribution in [-0.4, -0.2) is 72.8 Å². The highest BCUT2D eigenvalue weighted by Gasteiger charge is 2.41. The largest absolute Gasteiger partial charge is 0.481 e. The van der Waals surface area contributed by atoms with Crippen LogP contribution < -0.4 is 10.1 Å². The first-order chi connectivity index (χ1) is 14.8. The van der Waals surface area contributed by atoms with Crippen molar-refractivity contribution in [3.05, 3.63) is 59.8 Å². The number of ether oxygens (including phenoxy) is 2. The Morgan fingerprint density at radius 3 is 2.90 bits per heavy atom. The summed E-state index contributed by atoms with van der Waals surface area (Å²) < 4.78 is 11.5. The fraction of sp³-hybridized carbons (Fsp3) is 0.478. The Morgan fingerprint density at radius 1 is 1.23 bits per heavy atom. The predicted octanol–water partition coefficient (Wildman–Crippen LogP) is 2.14. The van der Waals surface area contributed by atoms with Crippen molar-refractivity contribution in [2.24, 2.45) is 4.99 Å². The number of aliphatic imine (C=N–C) groups is 1.